The zero-order chi connectivity index (χ0) is 12.4. The topological polar surface area (TPSA) is 32.3 Å². The zero-order valence-corrected chi connectivity index (χ0v) is 12.2. The highest BCUT2D eigenvalue weighted by atomic mass is 32.2. The van der Waals surface area contributed by atoms with E-state index in [2.05, 4.69) is 33.0 Å². The van der Waals surface area contributed by atoms with Gasteiger partial charge >= 0.3 is 0 Å². The molecule has 16 heavy (non-hydrogen) atoms. The number of hydrogen-bond donors (Lipinski definition) is 2. The van der Waals surface area contributed by atoms with E-state index in [9.17, 15) is 5.11 Å². The molecule has 0 aliphatic carbocycles. The van der Waals surface area contributed by atoms with Crippen molar-refractivity contribution in [1.82, 2.24) is 5.32 Å². The summed E-state index contributed by atoms with van der Waals surface area (Å²) in [5.41, 5.74) is -0.0369. The van der Waals surface area contributed by atoms with Gasteiger partial charge in [0.05, 0.1) is 6.61 Å². The average Bonchev–Trinajstić information content (AvgIpc) is 2.32. The highest BCUT2D eigenvalue weighted by Crippen LogP contribution is 2.21. The van der Waals surface area contributed by atoms with E-state index in [1.54, 1.807) is 0 Å². The van der Waals surface area contributed by atoms with Crippen LogP contribution in [0.5, 0.6) is 0 Å². The maximum absolute atomic E-state index is 9.49. The van der Waals surface area contributed by atoms with Crippen molar-refractivity contribution in [2.75, 3.05) is 18.9 Å². The first-order valence-corrected chi connectivity index (χ1v) is 7.66. The van der Waals surface area contributed by atoms with Crippen molar-refractivity contribution in [3.63, 3.8) is 0 Å². The number of hydrogen-bond acceptors (Lipinski definition) is 3. The van der Waals surface area contributed by atoms with E-state index in [-0.39, 0.29) is 12.1 Å². The summed E-state index contributed by atoms with van der Waals surface area (Å²) in [6.45, 7) is 9.97. The molecule has 0 aromatic heterocycles. The van der Waals surface area contributed by atoms with Gasteiger partial charge in [0.2, 0.25) is 0 Å². The minimum atomic E-state index is -0.0369. The number of nitrogens with one attached hydrogen (secondary N) is 1. The fourth-order valence-electron chi connectivity index (χ4n) is 1.82. The Labute approximate surface area is 106 Å². The van der Waals surface area contributed by atoms with Gasteiger partial charge in [0.1, 0.15) is 0 Å². The zero-order valence-electron chi connectivity index (χ0n) is 11.4. The molecule has 0 aromatic carbocycles. The summed E-state index contributed by atoms with van der Waals surface area (Å²) in [4.78, 5) is 0. The highest BCUT2D eigenvalue weighted by Gasteiger charge is 2.25. The minimum absolute atomic E-state index is 0.0369. The van der Waals surface area contributed by atoms with Gasteiger partial charge < -0.3 is 10.4 Å². The molecule has 0 spiro atoms. The largest absolute Gasteiger partial charge is 0.394 e. The van der Waals surface area contributed by atoms with E-state index in [4.69, 9.17) is 0 Å². The van der Waals surface area contributed by atoms with Crippen LogP contribution >= 0.6 is 11.8 Å². The maximum atomic E-state index is 9.49. The lowest BCUT2D eigenvalue weighted by Crippen LogP contribution is -2.48. The van der Waals surface area contributed by atoms with Gasteiger partial charge in [0.25, 0.3) is 0 Å². The van der Waals surface area contributed by atoms with Crippen LogP contribution in [0.4, 0.5) is 0 Å². The molecule has 2 atom stereocenters. The second-order valence-electron chi connectivity index (χ2n) is 4.52. The van der Waals surface area contributed by atoms with Crippen molar-refractivity contribution in [1.29, 1.82) is 0 Å². The first-order chi connectivity index (χ1) is 7.64. The van der Waals surface area contributed by atoms with Gasteiger partial charge in [-0.3, -0.25) is 0 Å². The van der Waals surface area contributed by atoms with E-state index in [0.717, 1.165) is 24.6 Å². The van der Waals surface area contributed by atoms with Crippen LogP contribution in [0.2, 0.25) is 0 Å². The van der Waals surface area contributed by atoms with E-state index in [1.165, 1.54) is 18.6 Å². The van der Waals surface area contributed by atoms with Crippen LogP contribution in [0.3, 0.4) is 0 Å². The lowest BCUT2D eigenvalue weighted by molar-refractivity contribution is 0.148. The molecular formula is C13H29NOS. The van der Waals surface area contributed by atoms with Crippen molar-refractivity contribution in [3.05, 3.63) is 0 Å². The Kier molecular flexibility index (Phi) is 9.47. The summed E-state index contributed by atoms with van der Waals surface area (Å²) in [5.74, 6) is 1.21. The molecule has 2 N–H and O–H groups in total. The second-order valence-corrected chi connectivity index (χ2v) is 6.06. The molecule has 0 amide bonds. The summed E-state index contributed by atoms with van der Waals surface area (Å²) in [7, 11) is 0. The van der Waals surface area contributed by atoms with Crippen LogP contribution in [0.15, 0.2) is 0 Å². The highest BCUT2D eigenvalue weighted by molar-refractivity contribution is 7.99. The van der Waals surface area contributed by atoms with E-state index in [1.807, 2.05) is 11.8 Å². The van der Waals surface area contributed by atoms with E-state index < -0.39 is 0 Å². The number of thioether (sulfide) groups is 1. The molecule has 0 heterocycles. The van der Waals surface area contributed by atoms with Crippen LogP contribution in [-0.2, 0) is 0 Å². The molecule has 0 rings (SSSR count). The first-order valence-electron chi connectivity index (χ1n) is 6.61. The number of likely N-dealkylation sites (N-methyl/N-ethyl adjacent to an activating group) is 1. The number of aliphatic hydroxyl groups excluding tert-OH is 1. The molecule has 0 bridgehead atoms. The van der Waals surface area contributed by atoms with Gasteiger partial charge in [-0.25, -0.2) is 0 Å². The fraction of sp³-hybridized carbons (Fsp3) is 1.00. The van der Waals surface area contributed by atoms with Crippen molar-refractivity contribution >= 4 is 11.8 Å². The number of rotatable bonds is 10. The van der Waals surface area contributed by atoms with Crippen LogP contribution in [0, 0.1) is 0 Å². The molecule has 0 aliphatic heterocycles. The Morgan fingerprint density at radius 2 is 2.00 bits per heavy atom. The summed E-state index contributed by atoms with van der Waals surface area (Å²) in [5, 5.41) is 13.7. The Balaban J connectivity index is 3.84. The van der Waals surface area contributed by atoms with Gasteiger partial charge in [-0.15, -0.1) is 0 Å². The monoisotopic (exact) mass is 247 g/mol. The third kappa shape index (κ3) is 6.12. The molecule has 3 heteroatoms. The summed E-state index contributed by atoms with van der Waals surface area (Å²) >= 11 is 2.05. The van der Waals surface area contributed by atoms with E-state index >= 15 is 0 Å². The molecule has 0 aromatic rings. The van der Waals surface area contributed by atoms with Gasteiger partial charge in [-0.05, 0) is 38.0 Å². The predicted octanol–water partition coefficient (Wildman–Crippen LogP) is 3.05. The van der Waals surface area contributed by atoms with Crippen molar-refractivity contribution < 1.29 is 5.11 Å². The van der Waals surface area contributed by atoms with Crippen LogP contribution in [0.1, 0.15) is 53.4 Å². The molecule has 0 saturated carbocycles. The van der Waals surface area contributed by atoms with Gasteiger partial charge in [0.15, 0.2) is 0 Å². The normalized spacial score (nSPS) is 17.1. The van der Waals surface area contributed by atoms with Crippen molar-refractivity contribution in [2.45, 2.75) is 64.2 Å². The van der Waals surface area contributed by atoms with Gasteiger partial charge in [-0.2, -0.15) is 11.8 Å². The van der Waals surface area contributed by atoms with E-state index in [0.29, 0.717) is 0 Å². The van der Waals surface area contributed by atoms with Gasteiger partial charge in [0, 0.05) is 10.8 Å². The van der Waals surface area contributed by atoms with Gasteiger partial charge in [-0.1, -0.05) is 27.7 Å². The molecule has 98 valence electrons. The molecule has 0 aliphatic rings. The predicted molar refractivity (Wildman–Crippen MR) is 75.2 cm³/mol. The molecule has 0 fully saturated rings. The molecular weight excluding hydrogens is 218 g/mol. The third-order valence-electron chi connectivity index (χ3n) is 3.31. The lowest BCUT2D eigenvalue weighted by Gasteiger charge is -2.32. The second kappa shape index (κ2) is 9.32. The first kappa shape index (κ1) is 16.3. The molecule has 0 radical (unpaired) electrons. The Morgan fingerprint density at radius 3 is 2.44 bits per heavy atom. The van der Waals surface area contributed by atoms with Crippen molar-refractivity contribution in [3.8, 4) is 0 Å². The Hall–Kier alpha value is 0.270. The molecule has 0 saturated heterocycles. The van der Waals surface area contributed by atoms with Crippen LogP contribution in [0.25, 0.3) is 0 Å². The fourth-order valence-corrected chi connectivity index (χ4v) is 2.77. The van der Waals surface area contributed by atoms with Crippen molar-refractivity contribution in [2.24, 2.45) is 0 Å². The smallest absolute Gasteiger partial charge is 0.0613 e. The standard InChI is InChI=1S/C13H29NOS/c1-5-12(4)16-10-8-9-13(6-2,11-15)14-7-3/h12,14-15H,5-11H2,1-4H3. The minimum Gasteiger partial charge on any atom is -0.394 e. The Bertz CT molecular complexity index is 160. The maximum Gasteiger partial charge on any atom is 0.0613 e. The summed E-state index contributed by atoms with van der Waals surface area (Å²) in [6.07, 6.45) is 4.52. The van der Waals surface area contributed by atoms with Crippen LogP contribution < -0.4 is 5.32 Å². The summed E-state index contributed by atoms with van der Waals surface area (Å²) in [6, 6.07) is 0. The quantitative estimate of drug-likeness (QED) is 0.582. The lowest BCUT2D eigenvalue weighted by atomic mass is 9.91. The van der Waals surface area contributed by atoms with Crippen LogP contribution in [-0.4, -0.2) is 34.8 Å². The average molecular weight is 247 g/mol. The number of aliphatic hydroxyl groups is 1. The SMILES string of the molecule is CCNC(CC)(CO)CCCSC(C)CC. The Morgan fingerprint density at radius 1 is 1.31 bits per heavy atom. The molecule has 2 nitrogen and oxygen atoms in total. The molecule has 2 unspecified atom stereocenters. The third-order valence-corrected chi connectivity index (χ3v) is 4.73. The summed E-state index contributed by atoms with van der Waals surface area (Å²) < 4.78 is 0.